The molecule has 1 aromatic carbocycles. The maximum absolute atomic E-state index is 13.9. The fourth-order valence-electron chi connectivity index (χ4n) is 3.72. The third-order valence-electron chi connectivity index (χ3n) is 5.37. The topological polar surface area (TPSA) is 127 Å². The molecule has 0 spiro atoms. The quantitative estimate of drug-likeness (QED) is 0.571. The maximum atomic E-state index is 13.9. The number of nitrogens with one attached hydrogen (secondary N) is 3. The molecule has 1 aliphatic rings. The average Bonchev–Trinajstić information content (AvgIpc) is 3.13. The zero-order chi connectivity index (χ0) is 21.8. The predicted octanol–water partition coefficient (Wildman–Crippen LogP) is 2.31. The molecule has 3 rings (SSSR count). The number of carbonyl (C=O) groups excluding carboxylic acids is 2. The van der Waals surface area contributed by atoms with Gasteiger partial charge >= 0.3 is 6.09 Å². The molecule has 162 valence electrons. The van der Waals surface area contributed by atoms with Crippen molar-refractivity contribution in [3.63, 3.8) is 0 Å². The molecule has 0 bridgehead atoms. The molecule has 1 fully saturated rings. The number of nitrogens with zero attached hydrogens (tertiary/aromatic N) is 2. The second-order valence-electron chi connectivity index (χ2n) is 7.63. The highest BCUT2D eigenvalue weighted by Gasteiger charge is 2.30. The van der Waals surface area contributed by atoms with E-state index >= 15 is 0 Å². The number of hydrogen-bond donors (Lipinski definition) is 4. The lowest BCUT2D eigenvalue weighted by molar-refractivity contribution is -0.137. The molecule has 9 nitrogen and oxygen atoms in total. The summed E-state index contributed by atoms with van der Waals surface area (Å²) in [6.45, 7) is 4.18. The highest BCUT2D eigenvalue weighted by atomic mass is 19.1. The van der Waals surface area contributed by atoms with E-state index in [1.165, 1.54) is 6.07 Å². The van der Waals surface area contributed by atoms with E-state index in [-0.39, 0.29) is 23.9 Å². The zero-order valence-corrected chi connectivity index (χ0v) is 16.9. The Bertz CT molecular complexity index is 946. The Morgan fingerprint density at radius 1 is 1.33 bits per heavy atom. The average molecular weight is 419 g/mol. The van der Waals surface area contributed by atoms with Crippen LogP contribution in [0.5, 0.6) is 0 Å². The van der Waals surface area contributed by atoms with E-state index in [2.05, 4.69) is 20.6 Å². The number of imidazole rings is 1. The number of carbonyl (C=O) groups is 3. The summed E-state index contributed by atoms with van der Waals surface area (Å²) in [6.07, 6.45) is 1.14. The van der Waals surface area contributed by atoms with Gasteiger partial charge in [-0.05, 0) is 45.2 Å². The molecule has 10 heteroatoms. The summed E-state index contributed by atoms with van der Waals surface area (Å²) in [4.78, 5) is 45.4. The van der Waals surface area contributed by atoms with Gasteiger partial charge in [-0.2, -0.15) is 0 Å². The van der Waals surface area contributed by atoms with Crippen LogP contribution in [0.1, 0.15) is 51.4 Å². The molecule has 1 saturated heterocycles. The predicted molar refractivity (Wildman–Crippen MR) is 107 cm³/mol. The van der Waals surface area contributed by atoms with Crippen molar-refractivity contribution < 1.29 is 23.9 Å². The Balaban J connectivity index is 1.70. The van der Waals surface area contributed by atoms with E-state index < -0.39 is 29.9 Å². The molecular weight excluding hydrogens is 393 g/mol. The van der Waals surface area contributed by atoms with E-state index in [0.717, 1.165) is 19.3 Å². The summed E-state index contributed by atoms with van der Waals surface area (Å²) in [5.74, 6) is -1.08. The van der Waals surface area contributed by atoms with Gasteiger partial charge in [0.1, 0.15) is 17.4 Å². The molecule has 4 N–H and O–H groups in total. The Kier molecular flexibility index (Phi) is 6.53. The number of aromatic amines is 1. The normalized spacial score (nSPS) is 18.6. The molecule has 3 amide bonds. The molecule has 2 aromatic rings. The van der Waals surface area contributed by atoms with Crippen LogP contribution in [-0.4, -0.2) is 56.5 Å². The minimum Gasteiger partial charge on any atom is -0.465 e. The first-order chi connectivity index (χ1) is 14.3. The summed E-state index contributed by atoms with van der Waals surface area (Å²) in [6, 6.07) is 2.67. The van der Waals surface area contributed by atoms with E-state index in [1.54, 1.807) is 24.0 Å². The van der Waals surface area contributed by atoms with Crippen molar-refractivity contribution in [2.75, 3.05) is 6.54 Å². The Morgan fingerprint density at radius 2 is 2.10 bits per heavy atom. The largest absolute Gasteiger partial charge is 0.465 e. The molecular formula is C20H26FN5O4. The van der Waals surface area contributed by atoms with Crippen LogP contribution in [-0.2, 0) is 9.59 Å². The SMILES string of the molecule is C[C@H](NC(=O)[C@H](CC(=O)N1CCCC[C@@H]1C)NC(=O)O)c1nc2c(F)cccc2[nH]1. The van der Waals surface area contributed by atoms with Crippen LogP contribution < -0.4 is 10.6 Å². The monoisotopic (exact) mass is 419 g/mol. The van der Waals surface area contributed by atoms with Crippen LogP contribution in [0.15, 0.2) is 18.2 Å². The number of halogens is 1. The third-order valence-corrected chi connectivity index (χ3v) is 5.37. The summed E-state index contributed by atoms with van der Waals surface area (Å²) in [5.41, 5.74) is 0.642. The first-order valence-electron chi connectivity index (χ1n) is 9.99. The molecule has 1 aliphatic heterocycles. The molecule has 2 heterocycles. The van der Waals surface area contributed by atoms with Crippen LogP contribution in [0.2, 0.25) is 0 Å². The summed E-state index contributed by atoms with van der Waals surface area (Å²) in [7, 11) is 0. The fraction of sp³-hybridized carbons (Fsp3) is 0.500. The highest BCUT2D eigenvalue weighted by Crippen LogP contribution is 2.20. The van der Waals surface area contributed by atoms with E-state index in [4.69, 9.17) is 5.11 Å². The van der Waals surface area contributed by atoms with E-state index in [0.29, 0.717) is 17.9 Å². The van der Waals surface area contributed by atoms with Crippen LogP contribution in [0.3, 0.4) is 0 Å². The van der Waals surface area contributed by atoms with Crippen molar-refractivity contribution in [3.05, 3.63) is 29.8 Å². The maximum Gasteiger partial charge on any atom is 0.405 e. The number of hydrogen-bond acceptors (Lipinski definition) is 4. The number of fused-ring (bicyclic) bond motifs is 1. The van der Waals surface area contributed by atoms with Gasteiger partial charge in [-0.3, -0.25) is 9.59 Å². The molecule has 0 aliphatic carbocycles. The zero-order valence-electron chi connectivity index (χ0n) is 16.9. The smallest absolute Gasteiger partial charge is 0.405 e. The molecule has 0 radical (unpaired) electrons. The minimum atomic E-state index is -1.40. The number of rotatable bonds is 6. The van der Waals surface area contributed by atoms with Crippen molar-refractivity contribution in [2.45, 2.75) is 57.7 Å². The Hall–Kier alpha value is -3.17. The van der Waals surface area contributed by atoms with Crippen LogP contribution in [0.25, 0.3) is 11.0 Å². The van der Waals surface area contributed by atoms with Gasteiger partial charge in [-0.15, -0.1) is 0 Å². The molecule has 3 atom stereocenters. The molecule has 0 unspecified atom stereocenters. The van der Waals surface area contributed by atoms with Gasteiger partial charge < -0.3 is 25.6 Å². The van der Waals surface area contributed by atoms with Crippen molar-refractivity contribution in [1.82, 2.24) is 25.5 Å². The lowest BCUT2D eigenvalue weighted by Gasteiger charge is -2.34. The van der Waals surface area contributed by atoms with Crippen LogP contribution >= 0.6 is 0 Å². The second-order valence-corrected chi connectivity index (χ2v) is 7.63. The Morgan fingerprint density at radius 3 is 2.77 bits per heavy atom. The second kappa shape index (κ2) is 9.10. The first kappa shape index (κ1) is 21.5. The number of benzene rings is 1. The first-order valence-corrected chi connectivity index (χ1v) is 9.99. The summed E-state index contributed by atoms with van der Waals surface area (Å²) >= 11 is 0. The van der Waals surface area contributed by atoms with Gasteiger partial charge in [0.05, 0.1) is 18.0 Å². The van der Waals surface area contributed by atoms with Crippen molar-refractivity contribution in [3.8, 4) is 0 Å². The Labute approximate surface area is 173 Å². The minimum absolute atomic E-state index is 0.0594. The van der Waals surface area contributed by atoms with Crippen LogP contribution in [0, 0.1) is 5.82 Å². The number of para-hydroxylation sites is 1. The molecule has 0 saturated carbocycles. The lowest BCUT2D eigenvalue weighted by Crippen LogP contribution is -2.51. The standard InChI is InChI=1S/C20H26FN5O4/c1-11-6-3-4-9-26(11)16(27)10-15(24-20(29)30)19(28)22-12(2)18-23-14-8-5-7-13(21)17(14)25-18/h5,7-8,11-12,15,24H,3-4,6,9-10H2,1-2H3,(H,22,28)(H,23,25)(H,29,30)/t11-,12-,15-/m0/s1. The van der Waals surface area contributed by atoms with Gasteiger partial charge in [-0.1, -0.05) is 6.07 Å². The third kappa shape index (κ3) is 4.87. The highest BCUT2D eigenvalue weighted by molar-refractivity contribution is 5.91. The number of piperidine rings is 1. The summed E-state index contributed by atoms with van der Waals surface area (Å²) < 4.78 is 13.9. The number of likely N-dealkylation sites (tertiary alicyclic amines) is 1. The summed E-state index contributed by atoms with van der Waals surface area (Å²) in [5, 5.41) is 13.9. The number of aromatic nitrogens is 2. The lowest BCUT2D eigenvalue weighted by atomic mass is 10.0. The van der Waals surface area contributed by atoms with Gasteiger partial charge in [0.15, 0.2) is 5.82 Å². The van der Waals surface area contributed by atoms with Gasteiger partial charge in [0.2, 0.25) is 11.8 Å². The molecule has 1 aromatic heterocycles. The van der Waals surface area contributed by atoms with Gasteiger partial charge in [0.25, 0.3) is 0 Å². The van der Waals surface area contributed by atoms with Crippen molar-refractivity contribution in [2.24, 2.45) is 0 Å². The van der Waals surface area contributed by atoms with Crippen LogP contribution in [0.4, 0.5) is 9.18 Å². The number of amides is 3. The van der Waals surface area contributed by atoms with E-state index in [9.17, 15) is 18.8 Å². The van der Waals surface area contributed by atoms with Crippen molar-refractivity contribution in [1.29, 1.82) is 0 Å². The molecule has 30 heavy (non-hydrogen) atoms. The van der Waals surface area contributed by atoms with Gasteiger partial charge in [0, 0.05) is 12.6 Å². The van der Waals surface area contributed by atoms with Crippen molar-refractivity contribution >= 4 is 28.9 Å². The number of H-pyrrole nitrogens is 1. The van der Waals surface area contributed by atoms with E-state index in [1.807, 2.05) is 6.92 Å². The fourth-order valence-corrected chi connectivity index (χ4v) is 3.72. The number of carboxylic acid groups (broad SMARTS) is 1. The van der Waals surface area contributed by atoms with Gasteiger partial charge in [-0.25, -0.2) is 14.2 Å².